The first-order valence-electron chi connectivity index (χ1n) is 6.14. The van der Waals surface area contributed by atoms with Crippen molar-refractivity contribution in [2.24, 2.45) is 0 Å². The number of ether oxygens (including phenoxy) is 1. The van der Waals surface area contributed by atoms with Gasteiger partial charge in [0.25, 0.3) is 0 Å². The Hall–Kier alpha value is -1.06. The normalized spacial score (nSPS) is 12.2. The number of methoxy groups -OCH3 is 1. The number of hydrogen-bond donors (Lipinski definition) is 0. The molecular formula is C14H20ClNO2. The molecule has 0 saturated carbocycles. The molecular weight excluding hydrogens is 250 g/mol. The molecule has 0 bridgehead atoms. The molecule has 0 heterocycles. The minimum atomic E-state index is -0.623. The molecule has 1 aromatic carbocycles. The van der Waals surface area contributed by atoms with Crippen LogP contribution in [0.25, 0.3) is 0 Å². The summed E-state index contributed by atoms with van der Waals surface area (Å²) < 4.78 is 5.07. The second kappa shape index (κ2) is 7.39. The smallest absolute Gasteiger partial charge is 0.245 e. The second-order valence-corrected chi connectivity index (χ2v) is 4.49. The lowest BCUT2D eigenvalue weighted by Crippen LogP contribution is -2.33. The van der Waals surface area contributed by atoms with Gasteiger partial charge in [-0.2, -0.15) is 0 Å². The van der Waals surface area contributed by atoms with E-state index in [1.807, 2.05) is 38.1 Å². The minimum absolute atomic E-state index is 0.0452. The van der Waals surface area contributed by atoms with Gasteiger partial charge in [-0.3, -0.25) is 4.79 Å². The number of carbonyl (C=O) groups is 1. The number of halogens is 1. The van der Waals surface area contributed by atoms with Crippen molar-refractivity contribution in [1.29, 1.82) is 0 Å². The van der Waals surface area contributed by atoms with Gasteiger partial charge in [-0.25, -0.2) is 0 Å². The van der Waals surface area contributed by atoms with Crippen molar-refractivity contribution in [2.45, 2.75) is 25.8 Å². The van der Waals surface area contributed by atoms with Crippen LogP contribution < -0.4 is 0 Å². The Labute approximate surface area is 114 Å². The van der Waals surface area contributed by atoms with Crippen molar-refractivity contribution in [3.63, 3.8) is 0 Å². The second-order valence-electron chi connectivity index (χ2n) is 4.05. The minimum Gasteiger partial charge on any atom is -0.380 e. The quantitative estimate of drug-likeness (QED) is 0.743. The van der Waals surface area contributed by atoms with E-state index in [0.29, 0.717) is 19.7 Å². The number of nitrogens with zero attached hydrogens (tertiary/aromatic N) is 1. The van der Waals surface area contributed by atoms with E-state index in [2.05, 4.69) is 0 Å². The van der Waals surface area contributed by atoms with E-state index < -0.39 is 5.38 Å². The molecule has 0 fully saturated rings. The van der Waals surface area contributed by atoms with Gasteiger partial charge in [0, 0.05) is 20.2 Å². The molecule has 3 nitrogen and oxygen atoms in total. The zero-order chi connectivity index (χ0) is 13.5. The summed E-state index contributed by atoms with van der Waals surface area (Å²) in [6.07, 6.45) is 0. The summed E-state index contributed by atoms with van der Waals surface area (Å²) in [5.74, 6) is -0.0452. The molecule has 1 aromatic rings. The fraction of sp³-hybridized carbons (Fsp3) is 0.500. The first-order valence-corrected chi connectivity index (χ1v) is 6.58. The number of carbonyl (C=O) groups excluding carboxylic acids is 1. The third-order valence-electron chi connectivity index (χ3n) is 2.85. The number of rotatable bonds is 6. The fourth-order valence-electron chi connectivity index (χ4n) is 1.85. The van der Waals surface area contributed by atoms with Gasteiger partial charge >= 0.3 is 0 Å². The van der Waals surface area contributed by atoms with Crippen LogP contribution in [-0.4, -0.2) is 31.0 Å². The van der Waals surface area contributed by atoms with Crippen LogP contribution in [0.4, 0.5) is 0 Å². The lowest BCUT2D eigenvalue weighted by Gasteiger charge is -2.22. The molecule has 0 aromatic heterocycles. The average molecular weight is 270 g/mol. The molecule has 100 valence electrons. The van der Waals surface area contributed by atoms with E-state index in [0.717, 1.165) is 11.1 Å². The molecule has 1 unspecified atom stereocenters. The number of likely N-dealkylation sites (N-methyl/N-ethyl adjacent to an activating group) is 1. The summed E-state index contributed by atoms with van der Waals surface area (Å²) >= 11 is 6.25. The monoisotopic (exact) mass is 269 g/mol. The van der Waals surface area contributed by atoms with Crippen LogP contribution >= 0.6 is 11.6 Å². The molecule has 0 N–H and O–H groups in total. The number of hydrogen-bond acceptors (Lipinski definition) is 2. The van der Waals surface area contributed by atoms with Crippen LogP contribution in [-0.2, 0) is 16.1 Å². The molecule has 0 aliphatic heterocycles. The van der Waals surface area contributed by atoms with Crippen molar-refractivity contribution < 1.29 is 9.53 Å². The van der Waals surface area contributed by atoms with E-state index in [-0.39, 0.29) is 5.91 Å². The van der Waals surface area contributed by atoms with Crippen LogP contribution in [0.2, 0.25) is 0 Å². The summed E-state index contributed by atoms with van der Waals surface area (Å²) in [5.41, 5.74) is 1.84. The van der Waals surface area contributed by atoms with Gasteiger partial charge < -0.3 is 9.64 Å². The summed E-state index contributed by atoms with van der Waals surface area (Å²) in [5, 5.41) is -0.623. The third-order valence-corrected chi connectivity index (χ3v) is 3.29. The maximum absolute atomic E-state index is 12.1. The van der Waals surface area contributed by atoms with Gasteiger partial charge in [-0.05, 0) is 25.0 Å². The van der Waals surface area contributed by atoms with E-state index in [1.54, 1.807) is 12.0 Å². The predicted octanol–water partition coefficient (Wildman–Crippen LogP) is 2.98. The first kappa shape index (κ1) is 15.0. The van der Waals surface area contributed by atoms with Crippen molar-refractivity contribution in [3.05, 3.63) is 35.4 Å². The fourth-order valence-corrected chi connectivity index (χ4v) is 2.12. The van der Waals surface area contributed by atoms with Gasteiger partial charge in [0.05, 0.1) is 6.61 Å². The predicted molar refractivity (Wildman–Crippen MR) is 73.7 cm³/mol. The Morgan fingerprint density at radius 2 is 2.06 bits per heavy atom. The Kier molecular flexibility index (Phi) is 6.16. The highest BCUT2D eigenvalue weighted by Gasteiger charge is 2.22. The van der Waals surface area contributed by atoms with E-state index in [4.69, 9.17) is 16.3 Å². The Morgan fingerprint density at radius 1 is 1.39 bits per heavy atom. The highest BCUT2D eigenvalue weighted by molar-refractivity contribution is 6.30. The SMILES string of the molecule is CCN(CC)C(=O)C(Cl)c1cccc(COC)c1. The van der Waals surface area contributed by atoms with Crippen LogP contribution in [0, 0.1) is 0 Å². The Balaban J connectivity index is 2.85. The van der Waals surface area contributed by atoms with Crippen LogP contribution in [0.3, 0.4) is 0 Å². The zero-order valence-electron chi connectivity index (χ0n) is 11.1. The van der Waals surface area contributed by atoms with Gasteiger partial charge in [-0.15, -0.1) is 11.6 Å². The number of benzene rings is 1. The van der Waals surface area contributed by atoms with Crippen molar-refractivity contribution in [3.8, 4) is 0 Å². The lowest BCUT2D eigenvalue weighted by atomic mass is 10.1. The van der Waals surface area contributed by atoms with Crippen molar-refractivity contribution in [2.75, 3.05) is 20.2 Å². The highest BCUT2D eigenvalue weighted by Crippen LogP contribution is 2.24. The Bertz CT molecular complexity index is 391. The first-order chi connectivity index (χ1) is 8.63. The van der Waals surface area contributed by atoms with Crippen molar-refractivity contribution in [1.82, 2.24) is 4.90 Å². The maximum Gasteiger partial charge on any atom is 0.245 e. The molecule has 0 spiro atoms. The molecule has 1 atom stereocenters. The largest absolute Gasteiger partial charge is 0.380 e. The van der Waals surface area contributed by atoms with Crippen LogP contribution in [0.1, 0.15) is 30.4 Å². The van der Waals surface area contributed by atoms with Crippen LogP contribution in [0.15, 0.2) is 24.3 Å². The van der Waals surface area contributed by atoms with Crippen molar-refractivity contribution >= 4 is 17.5 Å². The zero-order valence-corrected chi connectivity index (χ0v) is 11.9. The van der Waals surface area contributed by atoms with Gasteiger partial charge in [0.1, 0.15) is 5.38 Å². The Morgan fingerprint density at radius 3 is 2.61 bits per heavy atom. The molecule has 18 heavy (non-hydrogen) atoms. The molecule has 0 aliphatic rings. The van der Waals surface area contributed by atoms with Gasteiger partial charge in [-0.1, -0.05) is 24.3 Å². The average Bonchev–Trinajstić information content (AvgIpc) is 2.40. The summed E-state index contributed by atoms with van der Waals surface area (Å²) in [7, 11) is 1.64. The third kappa shape index (κ3) is 3.72. The summed E-state index contributed by atoms with van der Waals surface area (Å²) in [6.45, 7) is 5.78. The van der Waals surface area contributed by atoms with E-state index in [1.165, 1.54) is 0 Å². The number of alkyl halides is 1. The molecule has 0 saturated heterocycles. The molecule has 0 aliphatic carbocycles. The van der Waals surface area contributed by atoms with Crippen LogP contribution in [0.5, 0.6) is 0 Å². The standard InChI is InChI=1S/C14H20ClNO2/c1-4-16(5-2)14(17)13(15)12-8-6-7-11(9-12)10-18-3/h6-9,13H,4-5,10H2,1-3H3. The van der Waals surface area contributed by atoms with Gasteiger partial charge in [0.2, 0.25) is 5.91 Å². The lowest BCUT2D eigenvalue weighted by molar-refractivity contribution is -0.130. The molecule has 1 amide bonds. The molecule has 0 radical (unpaired) electrons. The van der Waals surface area contributed by atoms with E-state index >= 15 is 0 Å². The molecule has 4 heteroatoms. The number of amides is 1. The highest BCUT2D eigenvalue weighted by atomic mass is 35.5. The summed E-state index contributed by atoms with van der Waals surface area (Å²) in [4.78, 5) is 13.9. The maximum atomic E-state index is 12.1. The van der Waals surface area contributed by atoms with Gasteiger partial charge in [0.15, 0.2) is 0 Å². The van der Waals surface area contributed by atoms with E-state index in [9.17, 15) is 4.79 Å². The summed E-state index contributed by atoms with van der Waals surface area (Å²) in [6, 6.07) is 7.65. The molecule has 1 rings (SSSR count). The topological polar surface area (TPSA) is 29.5 Å².